The van der Waals surface area contributed by atoms with Crippen LogP contribution < -0.4 is 5.32 Å². The van der Waals surface area contributed by atoms with E-state index in [0.29, 0.717) is 0 Å². The van der Waals surface area contributed by atoms with Crippen molar-refractivity contribution in [1.82, 2.24) is 5.32 Å². The Bertz CT molecular complexity index is 358. The largest absolute Gasteiger partial charge is 0.315 e. The molecular formula is C15H22FN. The van der Waals surface area contributed by atoms with Crippen LogP contribution in [0, 0.1) is 5.82 Å². The van der Waals surface area contributed by atoms with Crippen LogP contribution >= 0.6 is 0 Å². The van der Waals surface area contributed by atoms with Gasteiger partial charge in [0, 0.05) is 18.5 Å². The first kappa shape index (κ1) is 12.6. The molecule has 0 aliphatic carbocycles. The van der Waals surface area contributed by atoms with E-state index in [0.717, 1.165) is 25.1 Å². The summed E-state index contributed by atoms with van der Waals surface area (Å²) in [6.45, 7) is 4.08. The maximum absolute atomic E-state index is 13.9. The standard InChI is InChI=1S/C15H22FN/c1-2-3-4-7-10-15(11-17-12-15)13-8-5-6-9-14(13)16/h5-6,8-9,17H,2-4,7,10-12H2,1H3. The fraction of sp³-hybridized carbons (Fsp3) is 0.600. The second kappa shape index (κ2) is 5.63. The molecule has 0 radical (unpaired) electrons. The molecule has 1 aromatic carbocycles. The lowest BCUT2D eigenvalue weighted by molar-refractivity contribution is 0.242. The molecule has 17 heavy (non-hydrogen) atoms. The van der Waals surface area contributed by atoms with Gasteiger partial charge in [-0.25, -0.2) is 4.39 Å². The molecule has 2 heteroatoms. The van der Waals surface area contributed by atoms with Crippen LogP contribution in [0.25, 0.3) is 0 Å². The first-order valence-corrected chi connectivity index (χ1v) is 6.74. The van der Waals surface area contributed by atoms with Gasteiger partial charge in [-0.2, -0.15) is 0 Å². The number of nitrogens with one attached hydrogen (secondary N) is 1. The molecule has 1 fully saturated rings. The topological polar surface area (TPSA) is 12.0 Å². The maximum Gasteiger partial charge on any atom is 0.127 e. The summed E-state index contributed by atoms with van der Waals surface area (Å²) < 4.78 is 13.9. The highest BCUT2D eigenvalue weighted by Crippen LogP contribution is 2.35. The highest BCUT2D eigenvalue weighted by atomic mass is 19.1. The summed E-state index contributed by atoms with van der Waals surface area (Å²) in [5.41, 5.74) is 0.981. The molecule has 1 heterocycles. The zero-order chi connectivity index (χ0) is 12.1. The number of rotatable bonds is 6. The Hall–Kier alpha value is -0.890. The van der Waals surface area contributed by atoms with E-state index in [9.17, 15) is 4.39 Å². The average Bonchev–Trinajstić information content (AvgIpc) is 2.29. The van der Waals surface area contributed by atoms with Gasteiger partial charge in [0.05, 0.1) is 0 Å². The van der Waals surface area contributed by atoms with E-state index >= 15 is 0 Å². The highest BCUT2D eigenvalue weighted by Gasteiger charge is 2.39. The molecule has 0 unspecified atom stereocenters. The summed E-state index contributed by atoms with van der Waals surface area (Å²) in [5, 5.41) is 3.30. The third-order valence-electron chi connectivity index (χ3n) is 3.88. The zero-order valence-electron chi connectivity index (χ0n) is 10.6. The van der Waals surface area contributed by atoms with Gasteiger partial charge in [0.15, 0.2) is 0 Å². The summed E-state index contributed by atoms with van der Waals surface area (Å²) in [5.74, 6) is -0.0375. The first-order chi connectivity index (χ1) is 8.28. The summed E-state index contributed by atoms with van der Waals surface area (Å²) >= 11 is 0. The molecule has 2 rings (SSSR count). The Morgan fingerprint density at radius 3 is 2.53 bits per heavy atom. The van der Waals surface area contributed by atoms with E-state index < -0.39 is 0 Å². The molecule has 0 spiro atoms. The molecule has 1 aromatic rings. The van der Waals surface area contributed by atoms with Crippen molar-refractivity contribution in [2.45, 2.75) is 44.4 Å². The number of benzene rings is 1. The van der Waals surface area contributed by atoms with Gasteiger partial charge in [-0.1, -0.05) is 50.8 Å². The third-order valence-corrected chi connectivity index (χ3v) is 3.88. The third kappa shape index (κ3) is 2.68. The fourth-order valence-corrected chi connectivity index (χ4v) is 2.71. The van der Waals surface area contributed by atoms with Gasteiger partial charge in [-0.3, -0.25) is 0 Å². The molecule has 1 aliphatic rings. The predicted molar refractivity (Wildman–Crippen MR) is 69.7 cm³/mol. The van der Waals surface area contributed by atoms with Crippen molar-refractivity contribution in [3.05, 3.63) is 35.6 Å². The molecule has 1 nitrogen and oxygen atoms in total. The van der Waals surface area contributed by atoms with Crippen LogP contribution in [0.4, 0.5) is 4.39 Å². The lowest BCUT2D eigenvalue weighted by Crippen LogP contribution is -2.57. The molecule has 1 aliphatic heterocycles. The summed E-state index contributed by atoms with van der Waals surface area (Å²) in [6, 6.07) is 7.26. The van der Waals surface area contributed by atoms with Crippen LogP contribution in [0.5, 0.6) is 0 Å². The van der Waals surface area contributed by atoms with Crippen molar-refractivity contribution >= 4 is 0 Å². The zero-order valence-corrected chi connectivity index (χ0v) is 10.6. The molecule has 0 bridgehead atoms. The Labute approximate surface area is 103 Å². The Kier molecular flexibility index (Phi) is 4.16. The summed E-state index contributed by atoms with van der Waals surface area (Å²) in [6.07, 6.45) is 6.14. The van der Waals surface area contributed by atoms with E-state index in [4.69, 9.17) is 0 Å². The minimum atomic E-state index is -0.0375. The second-order valence-corrected chi connectivity index (χ2v) is 5.17. The molecular weight excluding hydrogens is 213 g/mol. The molecule has 1 N–H and O–H groups in total. The van der Waals surface area contributed by atoms with Crippen LogP contribution in [0.1, 0.15) is 44.6 Å². The van der Waals surface area contributed by atoms with Gasteiger partial charge in [0.1, 0.15) is 5.82 Å². The summed E-state index contributed by atoms with van der Waals surface area (Å²) in [7, 11) is 0. The summed E-state index contributed by atoms with van der Waals surface area (Å²) in [4.78, 5) is 0. The minimum absolute atomic E-state index is 0.0375. The maximum atomic E-state index is 13.9. The van der Waals surface area contributed by atoms with Crippen LogP contribution in [0.15, 0.2) is 24.3 Å². The van der Waals surface area contributed by atoms with Crippen molar-refractivity contribution < 1.29 is 4.39 Å². The lowest BCUT2D eigenvalue weighted by Gasteiger charge is -2.43. The molecule has 0 aromatic heterocycles. The van der Waals surface area contributed by atoms with Crippen molar-refractivity contribution in [2.24, 2.45) is 0 Å². The molecule has 1 saturated heterocycles. The fourth-order valence-electron chi connectivity index (χ4n) is 2.71. The molecule has 94 valence electrons. The van der Waals surface area contributed by atoms with E-state index in [-0.39, 0.29) is 11.2 Å². The average molecular weight is 235 g/mol. The van der Waals surface area contributed by atoms with Gasteiger partial charge >= 0.3 is 0 Å². The second-order valence-electron chi connectivity index (χ2n) is 5.17. The molecule has 0 amide bonds. The first-order valence-electron chi connectivity index (χ1n) is 6.74. The quantitative estimate of drug-likeness (QED) is 0.742. The lowest BCUT2D eigenvalue weighted by atomic mass is 9.71. The van der Waals surface area contributed by atoms with Gasteiger partial charge in [0.25, 0.3) is 0 Å². The van der Waals surface area contributed by atoms with Crippen molar-refractivity contribution in [2.75, 3.05) is 13.1 Å². The van der Waals surface area contributed by atoms with Crippen LogP contribution in [0.2, 0.25) is 0 Å². The number of hydrogen-bond donors (Lipinski definition) is 1. The smallest absolute Gasteiger partial charge is 0.127 e. The van der Waals surface area contributed by atoms with Gasteiger partial charge in [-0.15, -0.1) is 0 Å². The molecule has 0 atom stereocenters. The Balaban J connectivity index is 2.02. The predicted octanol–water partition coefficient (Wildman–Crippen LogP) is 3.64. The van der Waals surface area contributed by atoms with Gasteiger partial charge in [0.2, 0.25) is 0 Å². The van der Waals surface area contributed by atoms with E-state index in [2.05, 4.69) is 12.2 Å². The van der Waals surface area contributed by atoms with Crippen molar-refractivity contribution in [1.29, 1.82) is 0 Å². The van der Waals surface area contributed by atoms with E-state index in [1.165, 1.54) is 25.7 Å². The van der Waals surface area contributed by atoms with E-state index in [1.54, 1.807) is 12.1 Å². The SMILES string of the molecule is CCCCCCC1(c2ccccc2F)CNC1. The van der Waals surface area contributed by atoms with Gasteiger partial charge < -0.3 is 5.32 Å². The molecule has 0 saturated carbocycles. The number of hydrogen-bond acceptors (Lipinski definition) is 1. The van der Waals surface area contributed by atoms with Crippen molar-refractivity contribution in [3.63, 3.8) is 0 Å². The van der Waals surface area contributed by atoms with Crippen LogP contribution in [0.3, 0.4) is 0 Å². The number of unbranched alkanes of at least 4 members (excludes halogenated alkanes) is 3. The minimum Gasteiger partial charge on any atom is -0.315 e. The van der Waals surface area contributed by atoms with Crippen LogP contribution in [-0.2, 0) is 5.41 Å². The van der Waals surface area contributed by atoms with Crippen LogP contribution in [-0.4, -0.2) is 13.1 Å². The van der Waals surface area contributed by atoms with E-state index in [1.807, 2.05) is 12.1 Å². The van der Waals surface area contributed by atoms with Gasteiger partial charge in [-0.05, 0) is 18.1 Å². The normalized spacial score (nSPS) is 17.8. The number of halogens is 1. The monoisotopic (exact) mass is 235 g/mol. The Morgan fingerprint density at radius 1 is 1.18 bits per heavy atom. The van der Waals surface area contributed by atoms with Crippen molar-refractivity contribution in [3.8, 4) is 0 Å². The highest BCUT2D eigenvalue weighted by molar-refractivity contribution is 5.31. The Morgan fingerprint density at radius 2 is 1.94 bits per heavy atom.